The fourth-order valence-corrected chi connectivity index (χ4v) is 7.83. The van der Waals surface area contributed by atoms with Crippen LogP contribution < -0.4 is 0 Å². The summed E-state index contributed by atoms with van der Waals surface area (Å²) in [5.74, 6) is -0.952. The Balaban J connectivity index is 4.22. The molecule has 0 rings (SSSR count). The van der Waals surface area contributed by atoms with E-state index in [1.165, 1.54) is 135 Å². The van der Waals surface area contributed by atoms with Crippen molar-refractivity contribution in [3.8, 4) is 0 Å². The second-order valence-electron chi connectivity index (χ2n) is 17.2. The number of hydrogen-bond donors (Lipinski definition) is 3. The van der Waals surface area contributed by atoms with Gasteiger partial charge >= 0.3 is 19.8 Å². The van der Waals surface area contributed by atoms with E-state index in [1.807, 2.05) is 0 Å². The molecule has 0 saturated heterocycles. The summed E-state index contributed by atoms with van der Waals surface area (Å²) in [4.78, 5) is 35.2. The topological polar surface area (TPSA) is 149 Å². The van der Waals surface area contributed by atoms with Gasteiger partial charge in [0.15, 0.2) is 6.10 Å². The van der Waals surface area contributed by atoms with Crippen molar-refractivity contribution in [1.82, 2.24) is 0 Å². The first kappa shape index (κ1) is 60.9. The molecule has 3 N–H and O–H groups in total. The van der Waals surface area contributed by atoms with Gasteiger partial charge in [-0.3, -0.25) is 18.6 Å². The monoisotopic (exact) mass is 911 g/mol. The second-order valence-corrected chi connectivity index (χ2v) is 18.7. The molecule has 0 aliphatic carbocycles. The molecule has 0 fully saturated rings. The fraction of sp³-hybridized carbons (Fsp3) is 0.808. The number of unbranched alkanes of at least 4 members (excludes halogenated alkanes) is 26. The van der Waals surface area contributed by atoms with Gasteiger partial charge in [-0.05, 0) is 57.8 Å². The van der Waals surface area contributed by atoms with Gasteiger partial charge in [0.05, 0.1) is 19.8 Å². The molecule has 0 amide bonds. The summed E-state index contributed by atoms with van der Waals surface area (Å²) in [5, 5.41) is 18.4. The number of allylic oxidation sites excluding steroid dienone is 8. The van der Waals surface area contributed by atoms with E-state index < -0.39 is 51.8 Å². The van der Waals surface area contributed by atoms with Crippen LogP contribution in [-0.4, -0.2) is 65.7 Å². The highest BCUT2D eigenvalue weighted by atomic mass is 31.2. The van der Waals surface area contributed by atoms with Crippen LogP contribution in [0.2, 0.25) is 0 Å². The molecule has 3 atom stereocenters. The van der Waals surface area contributed by atoms with Crippen molar-refractivity contribution in [2.45, 2.75) is 244 Å². The number of aliphatic hydroxyl groups is 2. The van der Waals surface area contributed by atoms with E-state index in [4.69, 9.17) is 23.6 Å². The number of ether oxygens (including phenoxy) is 2. The summed E-state index contributed by atoms with van der Waals surface area (Å²) in [6.07, 6.45) is 53.7. The molecule has 0 saturated carbocycles. The van der Waals surface area contributed by atoms with E-state index >= 15 is 0 Å². The third-order valence-electron chi connectivity index (χ3n) is 11.0. The Hall–Kier alpha value is -2.07. The van der Waals surface area contributed by atoms with Crippen molar-refractivity contribution < 1.29 is 47.8 Å². The van der Waals surface area contributed by atoms with Crippen LogP contribution >= 0.6 is 7.82 Å². The van der Waals surface area contributed by atoms with Gasteiger partial charge in [-0.2, -0.15) is 0 Å². The van der Waals surface area contributed by atoms with E-state index in [2.05, 4.69) is 62.5 Å². The van der Waals surface area contributed by atoms with Crippen LogP contribution in [0.5, 0.6) is 0 Å². The highest BCUT2D eigenvalue weighted by Gasteiger charge is 2.27. The number of aliphatic hydroxyl groups excluding tert-OH is 2. The summed E-state index contributed by atoms with van der Waals surface area (Å²) < 4.78 is 32.8. The number of rotatable bonds is 48. The standard InChI is InChI=1S/C52H95O10P/c1-3-5-7-9-11-13-15-17-19-21-23-24-26-27-29-31-33-35-37-39-41-43-51(55)59-47-50(48-61-63(57,58)60-46-49(54)45-53)62-52(56)44-42-40-38-36-34-32-30-28-25-22-20-18-16-14-12-10-8-6-4-2/h12,14,18,20,25,28,32,34,49-50,53-54H,3-11,13,15-17,19,21-24,26-27,29-31,33,35-48H2,1-2H3,(H,57,58)/b14-12+,20-18+,28-25+,34-32+/t49-,50+/m0/s1. The van der Waals surface area contributed by atoms with E-state index in [-0.39, 0.29) is 19.4 Å². The van der Waals surface area contributed by atoms with Crippen molar-refractivity contribution in [3.05, 3.63) is 48.6 Å². The fourth-order valence-electron chi connectivity index (χ4n) is 7.04. The predicted octanol–water partition coefficient (Wildman–Crippen LogP) is 14.5. The Bertz CT molecular complexity index is 1190. The molecule has 0 bridgehead atoms. The number of phosphoric ester groups is 1. The molecular weight excluding hydrogens is 816 g/mol. The molecule has 0 aromatic heterocycles. The first-order chi connectivity index (χ1) is 30.7. The Morgan fingerprint density at radius 2 is 0.825 bits per heavy atom. The molecular formula is C52H95O10P. The van der Waals surface area contributed by atoms with Gasteiger partial charge < -0.3 is 24.6 Å². The van der Waals surface area contributed by atoms with Crippen LogP contribution in [0.1, 0.15) is 232 Å². The molecule has 0 radical (unpaired) electrons. The van der Waals surface area contributed by atoms with Crippen LogP contribution in [-0.2, 0) is 32.7 Å². The molecule has 368 valence electrons. The van der Waals surface area contributed by atoms with E-state index in [0.717, 1.165) is 57.8 Å². The molecule has 0 aliphatic rings. The Morgan fingerprint density at radius 1 is 0.476 bits per heavy atom. The van der Waals surface area contributed by atoms with Gasteiger partial charge in [0, 0.05) is 12.8 Å². The molecule has 63 heavy (non-hydrogen) atoms. The molecule has 10 nitrogen and oxygen atoms in total. The largest absolute Gasteiger partial charge is 0.472 e. The van der Waals surface area contributed by atoms with Crippen molar-refractivity contribution in [3.63, 3.8) is 0 Å². The lowest BCUT2D eigenvalue weighted by Crippen LogP contribution is -2.29. The van der Waals surface area contributed by atoms with E-state index in [1.54, 1.807) is 0 Å². The third kappa shape index (κ3) is 47.7. The average Bonchev–Trinajstić information content (AvgIpc) is 3.27. The SMILES string of the molecule is CCCCC/C=C/C/C=C/C/C=C/C/C=C/CCCCCC(=O)O[C@H](COC(=O)CCCCCCCCCCCCCCCCCCCCCCC)COP(=O)(O)OC[C@@H](O)CO. The van der Waals surface area contributed by atoms with Crippen molar-refractivity contribution >= 4 is 19.8 Å². The van der Waals surface area contributed by atoms with Crippen LogP contribution in [0, 0.1) is 0 Å². The van der Waals surface area contributed by atoms with Crippen LogP contribution in [0.3, 0.4) is 0 Å². The maximum atomic E-state index is 12.7. The molecule has 0 heterocycles. The summed E-state index contributed by atoms with van der Waals surface area (Å²) in [6.45, 7) is 2.35. The van der Waals surface area contributed by atoms with Crippen molar-refractivity contribution in [2.24, 2.45) is 0 Å². The molecule has 1 unspecified atom stereocenters. The minimum atomic E-state index is -4.63. The van der Waals surface area contributed by atoms with Crippen molar-refractivity contribution in [1.29, 1.82) is 0 Å². The average molecular weight is 911 g/mol. The third-order valence-corrected chi connectivity index (χ3v) is 11.9. The Labute approximate surface area is 385 Å². The number of carbonyl (C=O) groups is 2. The highest BCUT2D eigenvalue weighted by molar-refractivity contribution is 7.47. The zero-order valence-corrected chi connectivity index (χ0v) is 41.2. The first-order valence-electron chi connectivity index (χ1n) is 25.6. The van der Waals surface area contributed by atoms with Gasteiger partial charge in [0.1, 0.15) is 12.7 Å². The number of carbonyl (C=O) groups excluding carboxylic acids is 2. The molecule has 0 aromatic rings. The quantitative estimate of drug-likeness (QED) is 0.0233. The van der Waals surface area contributed by atoms with Crippen LogP contribution in [0.25, 0.3) is 0 Å². The maximum Gasteiger partial charge on any atom is 0.472 e. The minimum absolute atomic E-state index is 0.147. The highest BCUT2D eigenvalue weighted by Crippen LogP contribution is 2.43. The predicted molar refractivity (Wildman–Crippen MR) is 261 cm³/mol. The summed E-state index contributed by atoms with van der Waals surface area (Å²) in [7, 11) is -4.63. The molecule has 11 heteroatoms. The van der Waals surface area contributed by atoms with Gasteiger partial charge in [-0.25, -0.2) is 4.57 Å². The maximum absolute atomic E-state index is 12.7. The number of phosphoric acid groups is 1. The summed E-state index contributed by atoms with van der Waals surface area (Å²) >= 11 is 0. The van der Waals surface area contributed by atoms with E-state index in [9.17, 15) is 24.2 Å². The smallest absolute Gasteiger partial charge is 0.462 e. The normalized spacial score (nSPS) is 14.0. The Kier molecular flexibility index (Phi) is 46.3. The first-order valence-corrected chi connectivity index (χ1v) is 27.1. The lowest BCUT2D eigenvalue weighted by Gasteiger charge is -2.20. The van der Waals surface area contributed by atoms with Gasteiger partial charge in [-0.15, -0.1) is 0 Å². The molecule has 0 aliphatic heterocycles. The van der Waals surface area contributed by atoms with Gasteiger partial charge in [0.25, 0.3) is 0 Å². The number of hydrogen-bond acceptors (Lipinski definition) is 9. The van der Waals surface area contributed by atoms with Crippen LogP contribution in [0.15, 0.2) is 48.6 Å². The zero-order valence-electron chi connectivity index (χ0n) is 40.3. The van der Waals surface area contributed by atoms with Gasteiger partial charge in [-0.1, -0.05) is 210 Å². The molecule has 0 aromatic carbocycles. The van der Waals surface area contributed by atoms with Crippen molar-refractivity contribution in [2.75, 3.05) is 26.4 Å². The second kappa shape index (κ2) is 47.9. The lowest BCUT2D eigenvalue weighted by molar-refractivity contribution is -0.161. The van der Waals surface area contributed by atoms with Crippen LogP contribution in [0.4, 0.5) is 0 Å². The summed E-state index contributed by atoms with van der Waals surface area (Å²) in [6, 6.07) is 0. The van der Waals surface area contributed by atoms with E-state index in [0.29, 0.717) is 12.8 Å². The molecule has 0 spiro atoms. The lowest BCUT2D eigenvalue weighted by atomic mass is 10.0. The Morgan fingerprint density at radius 3 is 1.27 bits per heavy atom. The summed E-state index contributed by atoms with van der Waals surface area (Å²) in [5.41, 5.74) is 0. The zero-order chi connectivity index (χ0) is 46.2. The minimum Gasteiger partial charge on any atom is -0.462 e. The van der Waals surface area contributed by atoms with Gasteiger partial charge in [0.2, 0.25) is 0 Å². The number of esters is 2.